The number of nitrogens with zero attached hydrogens (tertiary/aromatic N) is 3. The van der Waals surface area contributed by atoms with E-state index in [0.717, 1.165) is 0 Å². The van der Waals surface area contributed by atoms with E-state index in [1.54, 1.807) is 28.9 Å². The van der Waals surface area contributed by atoms with Crippen molar-refractivity contribution in [3.63, 3.8) is 0 Å². The van der Waals surface area contributed by atoms with E-state index in [4.69, 9.17) is 4.74 Å². The number of benzene rings is 1. The summed E-state index contributed by atoms with van der Waals surface area (Å²) in [6.07, 6.45) is 1.53. The zero-order valence-corrected chi connectivity index (χ0v) is 16.4. The molecule has 0 aliphatic carbocycles. The third kappa shape index (κ3) is 4.48. The SMILES string of the molecule is CC(=O)Nc1cccc(OCCNc2nc3c(cnn3C(C)(C)C)c(=O)[nH]2)c1. The van der Waals surface area contributed by atoms with Crippen molar-refractivity contribution in [3.05, 3.63) is 40.8 Å². The second-order valence-electron chi connectivity index (χ2n) is 7.36. The van der Waals surface area contributed by atoms with Crippen LogP contribution >= 0.6 is 0 Å². The quantitative estimate of drug-likeness (QED) is 0.562. The second-order valence-corrected chi connectivity index (χ2v) is 7.36. The Hall–Kier alpha value is -3.36. The monoisotopic (exact) mass is 384 g/mol. The highest BCUT2D eigenvalue weighted by Crippen LogP contribution is 2.19. The van der Waals surface area contributed by atoms with Gasteiger partial charge in [0.05, 0.1) is 18.3 Å². The molecule has 0 spiro atoms. The van der Waals surface area contributed by atoms with Gasteiger partial charge < -0.3 is 15.4 Å². The molecule has 3 rings (SSSR count). The fourth-order valence-electron chi connectivity index (χ4n) is 2.70. The molecule has 9 nitrogen and oxygen atoms in total. The minimum Gasteiger partial charge on any atom is -0.492 e. The van der Waals surface area contributed by atoms with Crippen LogP contribution in [0.1, 0.15) is 27.7 Å². The first kappa shape index (κ1) is 19.4. The van der Waals surface area contributed by atoms with Crippen molar-refractivity contribution in [3.8, 4) is 5.75 Å². The molecule has 28 heavy (non-hydrogen) atoms. The van der Waals surface area contributed by atoms with E-state index >= 15 is 0 Å². The fourth-order valence-corrected chi connectivity index (χ4v) is 2.70. The van der Waals surface area contributed by atoms with Crippen LogP contribution in [0.2, 0.25) is 0 Å². The van der Waals surface area contributed by atoms with E-state index in [1.165, 1.54) is 13.1 Å². The molecule has 0 bridgehead atoms. The van der Waals surface area contributed by atoms with Crippen molar-refractivity contribution in [2.75, 3.05) is 23.8 Å². The van der Waals surface area contributed by atoms with E-state index < -0.39 is 0 Å². The van der Waals surface area contributed by atoms with Crippen LogP contribution in [-0.4, -0.2) is 38.8 Å². The minimum atomic E-state index is -0.290. The van der Waals surface area contributed by atoms with E-state index in [-0.39, 0.29) is 17.0 Å². The minimum absolute atomic E-state index is 0.140. The molecule has 0 saturated carbocycles. The molecule has 2 aromatic heterocycles. The van der Waals surface area contributed by atoms with Gasteiger partial charge in [-0.25, -0.2) is 4.68 Å². The molecule has 0 unspecified atom stereocenters. The molecule has 0 aliphatic rings. The van der Waals surface area contributed by atoms with Gasteiger partial charge in [-0.05, 0) is 32.9 Å². The standard InChI is InChI=1S/C19H24N6O3/c1-12(26)22-13-6-5-7-14(10-13)28-9-8-20-18-23-16-15(17(27)24-18)11-21-25(16)19(2,3)4/h5-7,10-11H,8-9H2,1-4H3,(H,22,26)(H2,20,23,24,27). The number of fused-ring (bicyclic) bond motifs is 1. The van der Waals surface area contributed by atoms with E-state index in [9.17, 15) is 9.59 Å². The van der Waals surface area contributed by atoms with Crippen LogP contribution in [0.25, 0.3) is 11.0 Å². The fraction of sp³-hybridized carbons (Fsp3) is 0.368. The van der Waals surface area contributed by atoms with Crippen LogP contribution in [0.3, 0.4) is 0 Å². The molecular weight excluding hydrogens is 360 g/mol. The molecule has 0 aliphatic heterocycles. The normalized spacial score (nSPS) is 11.4. The predicted octanol–water partition coefficient (Wildman–Crippen LogP) is 2.32. The third-order valence-electron chi connectivity index (χ3n) is 3.89. The van der Waals surface area contributed by atoms with Gasteiger partial charge in [0.25, 0.3) is 5.56 Å². The Bertz CT molecular complexity index is 1050. The topological polar surface area (TPSA) is 114 Å². The smallest absolute Gasteiger partial charge is 0.263 e. The number of nitrogens with one attached hydrogen (secondary N) is 3. The number of amides is 1. The molecule has 0 fully saturated rings. The Labute approximate surface area is 162 Å². The molecule has 9 heteroatoms. The van der Waals surface area contributed by atoms with E-state index in [2.05, 4.69) is 25.7 Å². The molecule has 1 amide bonds. The largest absolute Gasteiger partial charge is 0.492 e. The molecule has 2 heterocycles. The predicted molar refractivity (Wildman–Crippen MR) is 108 cm³/mol. The summed E-state index contributed by atoms with van der Waals surface area (Å²) in [6.45, 7) is 8.23. The van der Waals surface area contributed by atoms with Crippen LogP contribution in [0.5, 0.6) is 5.75 Å². The van der Waals surface area contributed by atoms with Gasteiger partial charge in [-0.2, -0.15) is 10.1 Å². The van der Waals surface area contributed by atoms with Gasteiger partial charge in [-0.3, -0.25) is 14.6 Å². The maximum Gasteiger partial charge on any atom is 0.263 e. The average molecular weight is 384 g/mol. The molecule has 0 radical (unpaired) electrons. The summed E-state index contributed by atoms with van der Waals surface area (Å²) in [5.74, 6) is 0.855. The first-order valence-corrected chi connectivity index (χ1v) is 8.97. The van der Waals surface area contributed by atoms with Crippen molar-refractivity contribution in [1.82, 2.24) is 19.7 Å². The summed E-state index contributed by atoms with van der Waals surface area (Å²) >= 11 is 0. The number of carbonyl (C=O) groups is 1. The van der Waals surface area contributed by atoms with Crippen molar-refractivity contribution in [2.24, 2.45) is 0 Å². The van der Waals surface area contributed by atoms with Gasteiger partial charge in [-0.1, -0.05) is 6.07 Å². The van der Waals surface area contributed by atoms with Crippen molar-refractivity contribution >= 4 is 28.6 Å². The Morgan fingerprint density at radius 3 is 2.82 bits per heavy atom. The third-order valence-corrected chi connectivity index (χ3v) is 3.89. The number of anilines is 2. The lowest BCUT2D eigenvalue weighted by Gasteiger charge is -2.19. The molecule has 1 aromatic carbocycles. The maximum atomic E-state index is 12.3. The summed E-state index contributed by atoms with van der Waals surface area (Å²) in [5.41, 5.74) is 0.668. The number of hydrogen-bond acceptors (Lipinski definition) is 6. The van der Waals surface area contributed by atoms with Gasteiger partial charge in [0.2, 0.25) is 11.9 Å². The Kier molecular flexibility index (Phi) is 5.34. The summed E-state index contributed by atoms with van der Waals surface area (Å²) in [4.78, 5) is 30.6. The van der Waals surface area contributed by atoms with Crippen LogP contribution in [0.15, 0.2) is 35.3 Å². The average Bonchev–Trinajstić information content (AvgIpc) is 3.03. The van der Waals surface area contributed by atoms with Crippen LogP contribution in [0.4, 0.5) is 11.6 Å². The van der Waals surface area contributed by atoms with Crippen molar-refractivity contribution < 1.29 is 9.53 Å². The summed E-state index contributed by atoms with van der Waals surface area (Å²) in [6, 6.07) is 7.14. The zero-order valence-electron chi connectivity index (χ0n) is 16.4. The number of aromatic nitrogens is 4. The lowest BCUT2D eigenvalue weighted by Crippen LogP contribution is -2.24. The highest BCUT2D eigenvalue weighted by Gasteiger charge is 2.19. The highest BCUT2D eigenvalue weighted by molar-refractivity contribution is 5.88. The highest BCUT2D eigenvalue weighted by atomic mass is 16.5. The molecule has 3 aromatic rings. The van der Waals surface area contributed by atoms with Gasteiger partial charge in [0.15, 0.2) is 5.65 Å². The van der Waals surface area contributed by atoms with Gasteiger partial charge in [-0.15, -0.1) is 0 Å². The second kappa shape index (κ2) is 7.71. The number of hydrogen-bond donors (Lipinski definition) is 3. The van der Waals surface area contributed by atoms with E-state index in [0.29, 0.717) is 41.6 Å². The number of aromatic amines is 1. The molecule has 3 N–H and O–H groups in total. The van der Waals surface area contributed by atoms with Crippen LogP contribution < -0.4 is 20.9 Å². The number of rotatable bonds is 6. The molecule has 148 valence electrons. The molecular formula is C19H24N6O3. The maximum absolute atomic E-state index is 12.3. The summed E-state index contributed by atoms with van der Waals surface area (Å²) < 4.78 is 7.41. The summed E-state index contributed by atoms with van der Waals surface area (Å²) in [7, 11) is 0. The summed E-state index contributed by atoms with van der Waals surface area (Å²) in [5, 5.41) is 10.5. The first-order valence-electron chi connectivity index (χ1n) is 8.97. The van der Waals surface area contributed by atoms with E-state index in [1.807, 2.05) is 20.8 Å². The number of ether oxygens (including phenoxy) is 1. The lowest BCUT2D eigenvalue weighted by atomic mass is 10.1. The van der Waals surface area contributed by atoms with Crippen molar-refractivity contribution in [2.45, 2.75) is 33.2 Å². The lowest BCUT2D eigenvalue weighted by molar-refractivity contribution is -0.114. The number of H-pyrrole nitrogens is 1. The Morgan fingerprint density at radius 1 is 1.32 bits per heavy atom. The number of carbonyl (C=O) groups excluding carboxylic acids is 1. The van der Waals surface area contributed by atoms with Crippen LogP contribution in [-0.2, 0) is 10.3 Å². The molecule has 0 atom stereocenters. The Balaban J connectivity index is 1.64. The Morgan fingerprint density at radius 2 is 2.11 bits per heavy atom. The van der Waals surface area contributed by atoms with Gasteiger partial charge >= 0.3 is 0 Å². The van der Waals surface area contributed by atoms with Crippen molar-refractivity contribution in [1.29, 1.82) is 0 Å². The molecule has 0 saturated heterocycles. The zero-order chi connectivity index (χ0) is 20.3. The van der Waals surface area contributed by atoms with Crippen LogP contribution in [0, 0.1) is 0 Å². The van der Waals surface area contributed by atoms with Gasteiger partial charge in [0.1, 0.15) is 17.7 Å². The van der Waals surface area contributed by atoms with Gasteiger partial charge in [0, 0.05) is 18.7 Å². The first-order chi connectivity index (χ1) is 13.2.